The van der Waals surface area contributed by atoms with E-state index in [-0.39, 0.29) is 18.4 Å². The predicted octanol–water partition coefficient (Wildman–Crippen LogP) is 0.317. The van der Waals surface area contributed by atoms with Gasteiger partial charge < -0.3 is 10.6 Å². The summed E-state index contributed by atoms with van der Waals surface area (Å²) in [6.45, 7) is 4.15. The van der Waals surface area contributed by atoms with Crippen molar-refractivity contribution >= 4 is 23.3 Å². The minimum absolute atomic E-state index is 0.00194. The number of hydrogen-bond donors (Lipinski definition) is 2. The van der Waals surface area contributed by atoms with Crippen molar-refractivity contribution in [1.82, 2.24) is 15.0 Å². The summed E-state index contributed by atoms with van der Waals surface area (Å²) in [5, 5.41) is 6.79. The summed E-state index contributed by atoms with van der Waals surface area (Å²) in [6, 6.07) is 0. The Labute approximate surface area is 92.0 Å². The lowest BCUT2D eigenvalue weighted by Crippen LogP contribution is -2.36. The Morgan fingerprint density at radius 2 is 2.20 bits per heavy atom. The molecule has 5 nitrogen and oxygen atoms in total. The molecule has 1 heterocycles. The number of carbonyl (C=O) groups excluding carboxylic acids is 2. The molecule has 1 rings (SSSR count). The smallest absolute Gasteiger partial charge is 0.254 e. The first-order valence-electron chi connectivity index (χ1n) is 4.61. The van der Waals surface area contributed by atoms with Crippen LogP contribution in [0.15, 0.2) is 5.38 Å². The molecule has 0 aliphatic heterocycles. The summed E-state index contributed by atoms with van der Waals surface area (Å²) in [5.74, 6) is -0.445. The van der Waals surface area contributed by atoms with E-state index in [1.807, 2.05) is 6.92 Å². The summed E-state index contributed by atoms with van der Waals surface area (Å²) in [5.41, 5.74) is 1.22. The van der Waals surface area contributed by atoms with Crippen LogP contribution in [-0.2, 0) is 4.79 Å². The maximum Gasteiger partial charge on any atom is 0.254 e. The van der Waals surface area contributed by atoms with E-state index >= 15 is 0 Å². The fourth-order valence-electron chi connectivity index (χ4n) is 1.03. The summed E-state index contributed by atoms with van der Waals surface area (Å²) in [6.07, 6.45) is 0. The lowest BCUT2D eigenvalue weighted by molar-refractivity contribution is -0.120. The molecule has 0 radical (unpaired) electrons. The van der Waals surface area contributed by atoms with Crippen molar-refractivity contribution in [3.8, 4) is 0 Å². The molecule has 0 atom stereocenters. The van der Waals surface area contributed by atoms with Gasteiger partial charge in [0.1, 0.15) is 0 Å². The molecule has 6 heteroatoms. The van der Waals surface area contributed by atoms with E-state index in [0.717, 1.165) is 0 Å². The van der Waals surface area contributed by atoms with E-state index in [4.69, 9.17) is 0 Å². The van der Waals surface area contributed by atoms with Crippen molar-refractivity contribution in [1.29, 1.82) is 0 Å². The number of amides is 2. The van der Waals surface area contributed by atoms with Gasteiger partial charge in [-0.25, -0.2) is 0 Å². The van der Waals surface area contributed by atoms with Gasteiger partial charge in [0.15, 0.2) is 0 Å². The van der Waals surface area contributed by atoms with Crippen LogP contribution in [-0.4, -0.2) is 29.3 Å². The second-order valence-electron chi connectivity index (χ2n) is 2.95. The number of aromatic nitrogens is 1. The molecule has 2 N–H and O–H groups in total. The zero-order valence-electron chi connectivity index (χ0n) is 8.66. The fraction of sp³-hybridized carbons (Fsp3) is 0.444. The molecular weight excluding hydrogens is 214 g/mol. The third-order valence-electron chi connectivity index (χ3n) is 1.78. The van der Waals surface area contributed by atoms with Crippen LogP contribution >= 0.6 is 11.5 Å². The normalized spacial score (nSPS) is 9.73. The maximum atomic E-state index is 11.5. The van der Waals surface area contributed by atoms with Gasteiger partial charge in [0.25, 0.3) is 5.91 Å². The van der Waals surface area contributed by atoms with Crippen molar-refractivity contribution in [2.24, 2.45) is 0 Å². The minimum Gasteiger partial charge on any atom is -0.355 e. The SMILES string of the molecule is CCNC(=O)CNC(=O)c1csnc1C. The van der Waals surface area contributed by atoms with E-state index in [0.29, 0.717) is 17.8 Å². The highest BCUT2D eigenvalue weighted by Crippen LogP contribution is 2.08. The Kier molecular flexibility index (Phi) is 4.23. The van der Waals surface area contributed by atoms with Crippen LogP contribution in [0.3, 0.4) is 0 Å². The second kappa shape index (κ2) is 5.45. The zero-order valence-corrected chi connectivity index (χ0v) is 9.48. The largest absolute Gasteiger partial charge is 0.355 e. The number of aryl methyl sites for hydroxylation is 1. The Morgan fingerprint density at radius 3 is 2.73 bits per heavy atom. The first-order chi connectivity index (χ1) is 7.15. The van der Waals surface area contributed by atoms with E-state index < -0.39 is 0 Å². The van der Waals surface area contributed by atoms with Crippen LogP contribution in [0.1, 0.15) is 23.0 Å². The van der Waals surface area contributed by atoms with Crippen molar-refractivity contribution in [2.45, 2.75) is 13.8 Å². The molecule has 1 aromatic heterocycles. The first kappa shape index (κ1) is 11.6. The van der Waals surface area contributed by atoms with E-state index in [1.54, 1.807) is 12.3 Å². The summed E-state index contributed by atoms with van der Waals surface area (Å²) >= 11 is 1.23. The number of carbonyl (C=O) groups is 2. The predicted molar refractivity (Wildman–Crippen MR) is 57.9 cm³/mol. The fourth-order valence-corrected chi connectivity index (χ4v) is 1.72. The van der Waals surface area contributed by atoms with Crippen molar-refractivity contribution in [3.05, 3.63) is 16.6 Å². The lowest BCUT2D eigenvalue weighted by Gasteiger charge is -2.04. The molecule has 0 bridgehead atoms. The number of nitrogens with zero attached hydrogens (tertiary/aromatic N) is 1. The van der Waals surface area contributed by atoms with Gasteiger partial charge in [-0.05, 0) is 25.4 Å². The summed E-state index contributed by atoms with van der Waals surface area (Å²) in [7, 11) is 0. The van der Waals surface area contributed by atoms with Gasteiger partial charge in [0, 0.05) is 11.9 Å². The van der Waals surface area contributed by atoms with Gasteiger partial charge in [-0.3, -0.25) is 9.59 Å². The van der Waals surface area contributed by atoms with Crippen LogP contribution in [0.4, 0.5) is 0 Å². The van der Waals surface area contributed by atoms with Gasteiger partial charge in [-0.1, -0.05) is 0 Å². The van der Waals surface area contributed by atoms with Crippen molar-refractivity contribution in [3.63, 3.8) is 0 Å². The van der Waals surface area contributed by atoms with Crippen LogP contribution in [0.25, 0.3) is 0 Å². The minimum atomic E-state index is -0.257. The highest BCUT2D eigenvalue weighted by atomic mass is 32.1. The Balaban J connectivity index is 2.44. The Bertz CT molecular complexity index is 362. The third-order valence-corrected chi connectivity index (χ3v) is 2.50. The number of nitrogens with one attached hydrogen (secondary N) is 2. The Hall–Kier alpha value is -1.43. The van der Waals surface area contributed by atoms with E-state index in [1.165, 1.54) is 11.5 Å². The molecule has 15 heavy (non-hydrogen) atoms. The van der Waals surface area contributed by atoms with Gasteiger partial charge in [0.2, 0.25) is 5.91 Å². The lowest BCUT2D eigenvalue weighted by atomic mass is 10.2. The van der Waals surface area contributed by atoms with Crippen LogP contribution in [0, 0.1) is 6.92 Å². The van der Waals surface area contributed by atoms with Crippen LogP contribution < -0.4 is 10.6 Å². The van der Waals surface area contributed by atoms with E-state index in [2.05, 4.69) is 15.0 Å². The zero-order chi connectivity index (χ0) is 11.3. The van der Waals surface area contributed by atoms with Crippen LogP contribution in [0.5, 0.6) is 0 Å². The quantitative estimate of drug-likeness (QED) is 0.778. The molecule has 2 amide bonds. The monoisotopic (exact) mass is 227 g/mol. The standard InChI is InChI=1S/C9H13N3O2S/c1-3-10-8(13)4-11-9(14)7-5-15-12-6(7)2/h5H,3-4H2,1-2H3,(H,10,13)(H,11,14). The third kappa shape index (κ3) is 3.32. The van der Waals surface area contributed by atoms with Gasteiger partial charge in [-0.2, -0.15) is 4.37 Å². The molecular formula is C9H13N3O2S. The molecule has 0 aliphatic carbocycles. The van der Waals surface area contributed by atoms with Gasteiger partial charge in [0.05, 0.1) is 17.8 Å². The second-order valence-corrected chi connectivity index (χ2v) is 3.58. The van der Waals surface area contributed by atoms with Crippen molar-refractivity contribution in [2.75, 3.05) is 13.1 Å². The van der Waals surface area contributed by atoms with Gasteiger partial charge in [-0.15, -0.1) is 0 Å². The van der Waals surface area contributed by atoms with Crippen LogP contribution in [0.2, 0.25) is 0 Å². The van der Waals surface area contributed by atoms with Crippen molar-refractivity contribution < 1.29 is 9.59 Å². The molecule has 0 saturated carbocycles. The molecule has 0 saturated heterocycles. The topological polar surface area (TPSA) is 71.1 Å². The molecule has 0 fully saturated rings. The first-order valence-corrected chi connectivity index (χ1v) is 5.44. The molecule has 0 spiro atoms. The highest BCUT2D eigenvalue weighted by Gasteiger charge is 2.11. The molecule has 0 unspecified atom stereocenters. The number of hydrogen-bond acceptors (Lipinski definition) is 4. The summed E-state index contributed by atoms with van der Waals surface area (Å²) < 4.78 is 3.98. The molecule has 1 aromatic rings. The summed E-state index contributed by atoms with van der Waals surface area (Å²) in [4.78, 5) is 22.6. The van der Waals surface area contributed by atoms with E-state index in [9.17, 15) is 9.59 Å². The maximum absolute atomic E-state index is 11.5. The molecule has 0 aliphatic rings. The number of likely N-dealkylation sites (N-methyl/N-ethyl adjacent to an activating group) is 1. The molecule has 82 valence electrons. The van der Waals surface area contributed by atoms with Gasteiger partial charge >= 0.3 is 0 Å². The number of rotatable bonds is 4. The average molecular weight is 227 g/mol. The molecule has 0 aromatic carbocycles. The Morgan fingerprint density at radius 1 is 1.47 bits per heavy atom. The highest BCUT2D eigenvalue weighted by molar-refractivity contribution is 7.03. The average Bonchev–Trinajstić information content (AvgIpc) is 2.61.